The summed E-state index contributed by atoms with van der Waals surface area (Å²) in [5.41, 5.74) is 0. The monoisotopic (exact) mass is 1030 g/mol. The van der Waals surface area contributed by atoms with Crippen molar-refractivity contribution in [3.05, 3.63) is 10.4 Å². The smallest absolute Gasteiger partial charge is 0.335 e. The molecule has 0 bridgehead atoms. The van der Waals surface area contributed by atoms with Crippen LogP contribution in [0.25, 0.3) is 0 Å². The Labute approximate surface area is 407 Å². The Morgan fingerprint density at radius 2 is 0.958 bits per heavy atom. The Balaban J connectivity index is 5.85. The number of aliphatic hydroxyl groups is 5. The second-order valence-corrected chi connectivity index (χ2v) is 16.4. The molecule has 0 saturated heterocycles. The third kappa shape index (κ3) is 27.4. The summed E-state index contributed by atoms with van der Waals surface area (Å²) in [6, 6.07) is -11.9. The lowest BCUT2D eigenvalue weighted by molar-refractivity contribution is -0.556. The summed E-state index contributed by atoms with van der Waals surface area (Å²) in [6.07, 6.45) is 2.34. The standard InChI is InChI=1S/C40H71N11O20/c1-3-4-5-6-7-8-9-10-11-14-24(55)19-29(56)41-20-30(57)46-32(33(58)40(66)67)38(63)45-28(22-53)36(61)47-31(23(2)54)37(62)42-25(15-12-17-50(70)48-68)34(59)44-27(21-52)35(60)43-26(39(64)65)16-13-18-51(71)49-69/h23-28,31-33,52-55,58,68-69H,3-22H2,1-2H3,(H,41,56)(H,42,62)(H,43,60)(H,44,59)(H,45,63)(H,46,57)(H,47,61)(H,64,65)(H,66,67)/t23-,24+,25+,26+,27+,28-,31-,32-,33-/m0/s1. The van der Waals surface area contributed by atoms with Gasteiger partial charge >= 0.3 is 11.9 Å². The Morgan fingerprint density at radius 3 is 1.44 bits per heavy atom. The largest absolute Gasteiger partial charge is 0.597 e. The normalized spacial score (nSPS) is 15.5. The second kappa shape index (κ2) is 36.4. The van der Waals surface area contributed by atoms with Gasteiger partial charge in [0.25, 0.3) is 0 Å². The number of hydroxylamine groups is 2. The molecule has 0 aliphatic heterocycles. The highest BCUT2D eigenvalue weighted by molar-refractivity contribution is 5.98. The number of carboxylic acids is 2. The van der Waals surface area contributed by atoms with E-state index >= 15 is 0 Å². The highest BCUT2D eigenvalue weighted by atomic mass is 16.6. The fraction of sp³-hybridized carbons (Fsp3) is 0.775. The number of aliphatic hydroxyl groups excluding tert-OH is 5. The number of unbranched alkanes of at least 4 members (excludes halogenated alkanes) is 8. The molecular weight excluding hydrogens is 954 g/mol. The topological polar surface area (TPSA) is 497 Å². The maximum atomic E-state index is 13.5. The first-order valence-corrected chi connectivity index (χ1v) is 23.0. The van der Waals surface area contributed by atoms with Crippen molar-refractivity contribution in [3.63, 3.8) is 0 Å². The molecule has 406 valence electrons. The van der Waals surface area contributed by atoms with E-state index in [1.165, 1.54) is 12.8 Å². The molecule has 71 heavy (non-hydrogen) atoms. The molecule has 0 spiro atoms. The first kappa shape index (κ1) is 64.4. The molecule has 9 atom stereocenters. The number of nitrogens with zero attached hydrogens (tertiary/aromatic N) is 4. The van der Waals surface area contributed by atoms with E-state index in [-0.39, 0.29) is 35.4 Å². The van der Waals surface area contributed by atoms with Gasteiger partial charge in [0, 0.05) is 12.8 Å². The van der Waals surface area contributed by atoms with Crippen LogP contribution >= 0.6 is 0 Å². The molecule has 0 heterocycles. The number of hydrogen-bond acceptors (Lipinski definition) is 18. The predicted octanol–water partition coefficient (Wildman–Crippen LogP) is -4.16. The van der Waals surface area contributed by atoms with E-state index in [9.17, 15) is 89.3 Å². The van der Waals surface area contributed by atoms with Gasteiger partial charge in [-0.3, -0.25) is 33.6 Å². The van der Waals surface area contributed by atoms with E-state index in [1.807, 2.05) is 21.3 Å². The van der Waals surface area contributed by atoms with E-state index in [0.717, 1.165) is 45.4 Å². The quantitative estimate of drug-likeness (QED) is 0.0120. The van der Waals surface area contributed by atoms with Gasteiger partial charge in [-0.25, -0.2) is 9.59 Å². The lowest BCUT2D eigenvalue weighted by Gasteiger charge is -2.28. The molecular formula is C40H71N11O20. The highest BCUT2D eigenvalue weighted by Gasteiger charge is 2.38. The summed E-state index contributed by atoms with van der Waals surface area (Å²) in [7, 11) is 0. The Hall–Kier alpha value is -6.57. The van der Waals surface area contributed by atoms with Crippen LogP contribution in [0.1, 0.15) is 110 Å². The van der Waals surface area contributed by atoms with Crippen molar-refractivity contribution in [3.8, 4) is 0 Å². The van der Waals surface area contributed by atoms with Crippen molar-refractivity contribution in [1.29, 1.82) is 0 Å². The van der Waals surface area contributed by atoms with E-state index < -0.39 is 147 Å². The van der Waals surface area contributed by atoms with Crippen LogP contribution in [0.5, 0.6) is 0 Å². The molecule has 0 unspecified atom stereocenters. The van der Waals surface area contributed by atoms with Crippen molar-refractivity contribution in [2.24, 2.45) is 10.6 Å². The first-order valence-electron chi connectivity index (χ1n) is 23.0. The number of carbonyl (C=O) groups excluding carboxylic acids is 7. The zero-order valence-electron chi connectivity index (χ0n) is 39.6. The summed E-state index contributed by atoms with van der Waals surface area (Å²) in [6.45, 7) is -1.26. The van der Waals surface area contributed by atoms with Crippen molar-refractivity contribution in [1.82, 2.24) is 37.2 Å². The molecule has 31 nitrogen and oxygen atoms in total. The van der Waals surface area contributed by atoms with E-state index in [2.05, 4.69) is 33.4 Å². The Kier molecular flexibility index (Phi) is 33.0. The van der Waals surface area contributed by atoms with Gasteiger partial charge in [-0.05, 0) is 26.2 Å². The van der Waals surface area contributed by atoms with Crippen LogP contribution in [0, 0.1) is 10.4 Å². The lowest BCUT2D eigenvalue weighted by Crippen LogP contribution is -2.63. The van der Waals surface area contributed by atoms with Crippen LogP contribution in [0.3, 0.4) is 0 Å². The number of nitrogens with one attached hydrogen (secondary N) is 7. The van der Waals surface area contributed by atoms with E-state index in [4.69, 9.17) is 10.4 Å². The fourth-order valence-electron chi connectivity index (χ4n) is 6.50. The van der Waals surface area contributed by atoms with Crippen molar-refractivity contribution in [2.45, 2.75) is 165 Å². The number of aliphatic carboxylic acids is 2. The Bertz CT molecular complexity index is 1770. The molecule has 7 amide bonds. The summed E-state index contributed by atoms with van der Waals surface area (Å²) in [4.78, 5) is 114. The number of carbonyl (C=O) groups is 9. The van der Waals surface area contributed by atoms with E-state index in [0.29, 0.717) is 12.8 Å². The number of carboxylic acid groups (broad SMARTS) is 2. The molecule has 0 saturated carbocycles. The second-order valence-electron chi connectivity index (χ2n) is 16.4. The van der Waals surface area contributed by atoms with Gasteiger partial charge in [0.1, 0.15) is 36.3 Å². The van der Waals surface area contributed by atoms with E-state index in [1.54, 1.807) is 0 Å². The van der Waals surface area contributed by atoms with Crippen LogP contribution in [0.15, 0.2) is 10.6 Å². The minimum Gasteiger partial charge on any atom is -0.597 e. The molecule has 0 rings (SSSR count). The molecule has 0 radical (unpaired) electrons. The molecule has 31 heteroatoms. The minimum atomic E-state index is -2.67. The molecule has 0 fully saturated rings. The van der Waals surface area contributed by atoms with Crippen LogP contribution in [0.4, 0.5) is 0 Å². The van der Waals surface area contributed by atoms with Crippen molar-refractivity contribution >= 4 is 53.3 Å². The minimum absolute atomic E-state index is 0.167. The van der Waals surface area contributed by atoms with Crippen molar-refractivity contribution < 1.29 is 99.0 Å². The van der Waals surface area contributed by atoms with Gasteiger partial charge in [0.05, 0.1) is 38.4 Å². The highest BCUT2D eigenvalue weighted by Crippen LogP contribution is 2.13. The molecule has 0 aliphatic rings. The van der Waals surface area contributed by atoms with Gasteiger partial charge in [0.15, 0.2) is 29.7 Å². The number of amides is 7. The first-order chi connectivity index (χ1) is 33.6. The van der Waals surface area contributed by atoms with Crippen LogP contribution in [-0.4, -0.2) is 197 Å². The molecule has 0 aliphatic carbocycles. The Morgan fingerprint density at radius 1 is 0.521 bits per heavy atom. The summed E-state index contributed by atoms with van der Waals surface area (Å²) >= 11 is 0. The van der Waals surface area contributed by atoms with Gasteiger partial charge in [-0.15, -0.1) is 0 Å². The average molecular weight is 1030 g/mol. The zero-order chi connectivity index (χ0) is 54.1. The SMILES string of the molecule is CCCCCCCCCCC[C@@H](O)CC(=O)NCC(=O)N[C@H](C(=O)N[C@@H](CO)C(=O)N[C@H](C(=O)N[C@H](CCC[N+]([O-])=NO)C(=O)N[C@H](CO)C(=O)N[C@H](CCC[N+]([O-])=NO)C(=O)O)[C@H](C)O)[C@H](O)C(=O)O. The third-order valence-electron chi connectivity index (χ3n) is 10.5. The van der Waals surface area contributed by atoms with Gasteiger partial charge in [-0.1, -0.05) is 74.4 Å². The maximum absolute atomic E-state index is 13.5. The lowest BCUT2D eigenvalue weighted by atomic mass is 10.0. The molecule has 0 aromatic heterocycles. The predicted molar refractivity (Wildman–Crippen MR) is 238 cm³/mol. The van der Waals surface area contributed by atoms with Gasteiger partial charge in [0.2, 0.25) is 41.4 Å². The zero-order valence-corrected chi connectivity index (χ0v) is 39.6. The average Bonchev–Trinajstić information content (AvgIpc) is 3.32. The summed E-state index contributed by atoms with van der Waals surface area (Å²) in [5.74, 6) is -12.5. The van der Waals surface area contributed by atoms with Crippen LogP contribution in [0.2, 0.25) is 0 Å². The maximum Gasteiger partial charge on any atom is 0.335 e. The van der Waals surface area contributed by atoms with Crippen molar-refractivity contribution in [2.75, 3.05) is 32.8 Å². The molecule has 0 aromatic carbocycles. The van der Waals surface area contributed by atoms with Gasteiger partial charge in [-0.2, -0.15) is 0 Å². The van der Waals surface area contributed by atoms with Crippen LogP contribution in [-0.2, 0) is 43.2 Å². The number of hydrogen-bond donors (Lipinski definition) is 16. The summed E-state index contributed by atoms with van der Waals surface area (Å²) in [5, 5.41) is 128. The third-order valence-corrected chi connectivity index (χ3v) is 10.5. The number of rotatable bonds is 39. The molecule has 0 aromatic rings. The van der Waals surface area contributed by atoms with Gasteiger partial charge < -0.3 is 93.8 Å². The summed E-state index contributed by atoms with van der Waals surface area (Å²) < 4.78 is 0. The van der Waals surface area contributed by atoms with Crippen LogP contribution < -0.4 is 37.2 Å². The fourth-order valence-corrected chi connectivity index (χ4v) is 6.50. The molecule has 16 N–H and O–H groups in total.